The number of carbonyl (C=O) groups is 1. The zero-order valence-corrected chi connectivity index (χ0v) is 13.5. The number of nitrogens with one attached hydrogen (secondary N) is 2. The number of hydrogen-bond donors (Lipinski definition) is 2. The SMILES string of the molecule is COc1cccc(NC(=O)CSc2nc(=O)[nH]c3c2CCC3)c1. The van der Waals surface area contributed by atoms with Crippen molar-refractivity contribution in [1.82, 2.24) is 9.97 Å². The summed E-state index contributed by atoms with van der Waals surface area (Å²) < 4.78 is 5.12. The number of rotatable bonds is 5. The topological polar surface area (TPSA) is 84.1 Å². The lowest BCUT2D eigenvalue weighted by atomic mass is 10.3. The van der Waals surface area contributed by atoms with Gasteiger partial charge in [0, 0.05) is 23.0 Å². The molecule has 0 saturated heterocycles. The summed E-state index contributed by atoms with van der Waals surface area (Å²) in [6.45, 7) is 0. The van der Waals surface area contributed by atoms with Crippen LogP contribution in [0.5, 0.6) is 5.75 Å². The van der Waals surface area contributed by atoms with E-state index in [0.29, 0.717) is 16.5 Å². The van der Waals surface area contributed by atoms with Crippen molar-refractivity contribution in [2.45, 2.75) is 24.3 Å². The number of thioether (sulfide) groups is 1. The second-order valence-corrected chi connectivity index (χ2v) is 6.19. The third kappa shape index (κ3) is 3.73. The van der Waals surface area contributed by atoms with E-state index in [1.165, 1.54) is 11.8 Å². The van der Waals surface area contributed by atoms with Gasteiger partial charge < -0.3 is 15.0 Å². The summed E-state index contributed by atoms with van der Waals surface area (Å²) >= 11 is 1.30. The average molecular weight is 331 g/mol. The van der Waals surface area contributed by atoms with E-state index in [4.69, 9.17) is 4.74 Å². The van der Waals surface area contributed by atoms with Gasteiger partial charge in [0.15, 0.2) is 0 Å². The van der Waals surface area contributed by atoms with Crippen molar-refractivity contribution in [3.8, 4) is 5.75 Å². The molecule has 0 aliphatic heterocycles. The van der Waals surface area contributed by atoms with Crippen LogP contribution >= 0.6 is 11.8 Å². The highest BCUT2D eigenvalue weighted by atomic mass is 32.2. The summed E-state index contributed by atoms with van der Waals surface area (Å²) in [5, 5.41) is 3.48. The molecular formula is C16H17N3O3S. The van der Waals surface area contributed by atoms with Crippen molar-refractivity contribution < 1.29 is 9.53 Å². The van der Waals surface area contributed by atoms with E-state index in [9.17, 15) is 9.59 Å². The Kier molecular flexibility index (Phi) is 4.66. The highest BCUT2D eigenvalue weighted by Gasteiger charge is 2.18. The van der Waals surface area contributed by atoms with Gasteiger partial charge in [-0.2, -0.15) is 4.98 Å². The highest BCUT2D eigenvalue weighted by molar-refractivity contribution is 8.00. The first-order chi connectivity index (χ1) is 11.2. The number of methoxy groups -OCH3 is 1. The first kappa shape index (κ1) is 15.6. The fourth-order valence-corrected chi connectivity index (χ4v) is 3.47. The van der Waals surface area contributed by atoms with E-state index in [0.717, 1.165) is 30.5 Å². The molecule has 1 aromatic carbocycles. The minimum Gasteiger partial charge on any atom is -0.497 e. The zero-order chi connectivity index (χ0) is 16.2. The molecule has 1 aromatic heterocycles. The zero-order valence-electron chi connectivity index (χ0n) is 12.7. The van der Waals surface area contributed by atoms with Crippen LogP contribution in [0.2, 0.25) is 0 Å². The van der Waals surface area contributed by atoms with E-state index in [1.54, 1.807) is 19.2 Å². The quantitative estimate of drug-likeness (QED) is 0.647. The third-order valence-electron chi connectivity index (χ3n) is 3.63. The average Bonchev–Trinajstić information content (AvgIpc) is 3.01. The van der Waals surface area contributed by atoms with Crippen LogP contribution in [0.15, 0.2) is 34.1 Å². The molecule has 120 valence electrons. The number of ether oxygens (including phenoxy) is 1. The van der Waals surface area contributed by atoms with Crippen LogP contribution in [0, 0.1) is 0 Å². The number of anilines is 1. The Bertz CT molecular complexity index is 788. The van der Waals surface area contributed by atoms with Crippen molar-refractivity contribution >= 4 is 23.4 Å². The smallest absolute Gasteiger partial charge is 0.346 e. The Balaban J connectivity index is 1.64. The van der Waals surface area contributed by atoms with Gasteiger partial charge >= 0.3 is 5.69 Å². The first-order valence-corrected chi connectivity index (χ1v) is 8.33. The van der Waals surface area contributed by atoms with E-state index in [1.807, 2.05) is 12.1 Å². The molecule has 0 unspecified atom stereocenters. The largest absolute Gasteiger partial charge is 0.497 e. The van der Waals surface area contributed by atoms with Crippen LogP contribution in [0.25, 0.3) is 0 Å². The van der Waals surface area contributed by atoms with Gasteiger partial charge in [-0.1, -0.05) is 17.8 Å². The van der Waals surface area contributed by atoms with Crippen molar-refractivity contribution in [2.75, 3.05) is 18.2 Å². The fourth-order valence-electron chi connectivity index (χ4n) is 2.59. The van der Waals surface area contributed by atoms with E-state index >= 15 is 0 Å². The van der Waals surface area contributed by atoms with E-state index in [-0.39, 0.29) is 17.3 Å². The number of aryl methyl sites for hydroxylation is 1. The summed E-state index contributed by atoms with van der Waals surface area (Å²) in [5.41, 5.74) is 2.37. The van der Waals surface area contributed by atoms with Crippen LogP contribution < -0.4 is 15.7 Å². The van der Waals surface area contributed by atoms with Gasteiger partial charge in [0.25, 0.3) is 0 Å². The molecule has 1 amide bonds. The van der Waals surface area contributed by atoms with Crippen molar-refractivity contribution in [1.29, 1.82) is 0 Å². The summed E-state index contributed by atoms with van der Waals surface area (Å²) in [6.07, 6.45) is 2.79. The lowest BCUT2D eigenvalue weighted by Crippen LogP contribution is -2.17. The molecule has 0 spiro atoms. The number of benzene rings is 1. The minimum absolute atomic E-state index is 0.142. The second-order valence-electron chi connectivity index (χ2n) is 5.23. The lowest BCUT2D eigenvalue weighted by Gasteiger charge is -2.08. The molecule has 0 atom stereocenters. The monoisotopic (exact) mass is 331 g/mol. The number of H-pyrrole nitrogens is 1. The predicted molar refractivity (Wildman–Crippen MR) is 89.2 cm³/mol. The van der Waals surface area contributed by atoms with Gasteiger partial charge in [-0.15, -0.1) is 0 Å². The van der Waals surface area contributed by atoms with Gasteiger partial charge in [-0.3, -0.25) is 4.79 Å². The number of fused-ring (bicyclic) bond motifs is 1. The summed E-state index contributed by atoms with van der Waals surface area (Å²) in [5.74, 6) is 0.752. The molecular weight excluding hydrogens is 314 g/mol. The van der Waals surface area contributed by atoms with Crippen LogP contribution in [-0.2, 0) is 17.6 Å². The maximum absolute atomic E-state index is 12.1. The highest BCUT2D eigenvalue weighted by Crippen LogP contribution is 2.27. The van der Waals surface area contributed by atoms with Gasteiger partial charge in [-0.25, -0.2) is 4.79 Å². The van der Waals surface area contributed by atoms with Gasteiger partial charge in [0.2, 0.25) is 5.91 Å². The molecule has 1 aliphatic rings. The lowest BCUT2D eigenvalue weighted by molar-refractivity contribution is -0.113. The fraction of sp³-hybridized carbons (Fsp3) is 0.312. The number of carbonyl (C=O) groups excluding carboxylic acids is 1. The standard InChI is InChI=1S/C16H17N3O3S/c1-22-11-5-2-4-10(8-11)17-14(20)9-23-15-12-6-3-7-13(12)18-16(21)19-15/h2,4-5,8H,3,6-7,9H2,1H3,(H,17,20)(H,18,19,21). The molecule has 0 saturated carbocycles. The van der Waals surface area contributed by atoms with E-state index in [2.05, 4.69) is 15.3 Å². The van der Waals surface area contributed by atoms with Crippen LogP contribution in [0.4, 0.5) is 5.69 Å². The molecule has 3 rings (SSSR count). The maximum atomic E-state index is 12.1. The molecule has 0 fully saturated rings. The normalized spacial score (nSPS) is 12.7. The molecule has 0 bridgehead atoms. The Hall–Kier alpha value is -2.28. The molecule has 0 radical (unpaired) electrons. The Morgan fingerprint density at radius 3 is 3.13 bits per heavy atom. The Labute approximate surface area is 137 Å². The summed E-state index contributed by atoms with van der Waals surface area (Å²) in [7, 11) is 1.58. The van der Waals surface area contributed by atoms with Gasteiger partial charge in [0.1, 0.15) is 10.8 Å². The number of amides is 1. The summed E-state index contributed by atoms with van der Waals surface area (Å²) in [4.78, 5) is 30.4. The van der Waals surface area contributed by atoms with Gasteiger partial charge in [-0.05, 0) is 31.4 Å². The maximum Gasteiger partial charge on any atom is 0.346 e. The second kappa shape index (κ2) is 6.87. The van der Waals surface area contributed by atoms with Crippen LogP contribution in [0.3, 0.4) is 0 Å². The molecule has 6 nitrogen and oxygen atoms in total. The Morgan fingerprint density at radius 2 is 2.30 bits per heavy atom. The van der Waals surface area contributed by atoms with Crippen molar-refractivity contribution in [3.63, 3.8) is 0 Å². The molecule has 2 aromatic rings. The first-order valence-electron chi connectivity index (χ1n) is 7.34. The molecule has 2 N–H and O–H groups in total. The number of aromatic amines is 1. The number of nitrogens with zero attached hydrogens (tertiary/aromatic N) is 1. The van der Waals surface area contributed by atoms with E-state index < -0.39 is 0 Å². The number of aromatic nitrogens is 2. The molecule has 23 heavy (non-hydrogen) atoms. The Morgan fingerprint density at radius 1 is 1.43 bits per heavy atom. The summed E-state index contributed by atoms with van der Waals surface area (Å²) in [6, 6.07) is 7.18. The van der Waals surface area contributed by atoms with Crippen molar-refractivity contribution in [3.05, 3.63) is 46.0 Å². The predicted octanol–water partition coefficient (Wildman–Crippen LogP) is 2.00. The minimum atomic E-state index is -0.346. The molecule has 7 heteroatoms. The molecule has 1 aliphatic carbocycles. The van der Waals surface area contributed by atoms with Gasteiger partial charge in [0.05, 0.1) is 12.9 Å². The van der Waals surface area contributed by atoms with Crippen LogP contribution in [0.1, 0.15) is 17.7 Å². The van der Waals surface area contributed by atoms with Crippen LogP contribution in [-0.4, -0.2) is 28.7 Å². The molecule has 1 heterocycles. The van der Waals surface area contributed by atoms with Crippen molar-refractivity contribution in [2.24, 2.45) is 0 Å². The third-order valence-corrected chi connectivity index (χ3v) is 4.65. The number of hydrogen-bond acceptors (Lipinski definition) is 5.